The number of nitrogens with one attached hydrogen (secondary N) is 2. The molecule has 1 fully saturated rings. The maximum atomic E-state index is 12.1. The molecule has 2 amide bonds. The summed E-state index contributed by atoms with van der Waals surface area (Å²) in [5.41, 5.74) is 1.01. The fraction of sp³-hybridized carbons (Fsp3) is 0.438. The summed E-state index contributed by atoms with van der Waals surface area (Å²) < 4.78 is 4.61. The molecule has 1 saturated carbocycles. The number of carbonyl (C=O) groups excluding carboxylic acids is 3. The Bertz CT molecular complexity index is 568. The van der Waals surface area contributed by atoms with Crippen molar-refractivity contribution in [1.82, 2.24) is 5.32 Å². The van der Waals surface area contributed by atoms with E-state index in [2.05, 4.69) is 15.4 Å². The van der Waals surface area contributed by atoms with Gasteiger partial charge in [0.15, 0.2) is 0 Å². The molecular weight excluding hydrogens is 284 g/mol. The number of hydrogen-bond acceptors (Lipinski definition) is 4. The lowest BCUT2D eigenvalue weighted by molar-refractivity contribution is -0.125. The zero-order valence-electron chi connectivity index (χ0n) is 12.7. The van der Waals surface area contributed by atoms with Crippen molar-refractivity contribution in [3.05, 3.63) is 29.8 Å². The molecule has 2 atom stereocenters. The third-order valence-corrected chi connectivity index (χ3v) is 3.59. The van der Waals surface area contributed by atoms with Crippen molar-refractivity contribution in [2.24, 2.45) is 11.8 Å². The summed E-state index contributed by atoms with van der Waals surface area (Å²) in [5, 5.41) is 5.56. The van der Waals surface area contributed by atoms with E-state index in [1.54, 1.807) is 24.3 Å². The predicted molar refractivity (Wildman–Crippen MR) is 81.3 cm³/mol. The summed E-state index contributed by atoms with van der Waals surface area (Å²) in [5.74, 6) is -1.13. The van der Waals surface area contributed by atoms with Gasteiger partial charge in [-0.05, 0) is 37.1 Å². The first-order valence-electron chi connectivity index (χ1n) is 7.33. The summed E-state index contributed by atoms with van der Waals surface area (Å²) in [6.07, 6.45) is 1.46. The van der Waals surface area contributed by atoms with E-state index >= 15 is 0 Å². The van der Waals surface area contributed by atoms with E-state index in [0.29, 0.717) is 24.2 Å². The second-order valence-electron chi connectivity index (χ2n) is 5.30. The van der Waals surface area contributed by atoms with E-state index in [-0.39, 0.29) is 23.7 Å². The van der Waals surface area contributed by atoms with E-state index < -0.39 is 5.97 Å². The van der Waals surface area contributed by atoms with Crippen molar-refractivity contribution < 1.29 is 19.1 Å². The molecule has 2 unspecified atom stereocenters. The van der Waals surface area contributed by atoms with E-state index in [4.69, 9.17) is 0 Å². The number of benzene rings is 1. The monoisotopic (exact) mass is 304 g/mol. The molecular formula is C16H20N2O4. The lowest BCUT2D eigenvalue weighted by Crippen LogP contribution is -2.27. The number of esters is 1. The number of amides is 2. The summed E-state index contributed by atoms with van der Waals surface area (Å²) in [6, 6.07) is 6.44. The Morgan fingerprint density at radius 3 is 2.36 bits per heavy atom. The molecule has 0 bridgehead atoms. The van der Waals surface area contributed by atoms with Crippen LogP contribution in [0.5, 0.6) is 0 Å². The van der Waals surface area contributed by atoms with Crippen molar-refractivity contribution in [3.63, 3.8) is 0 Å². The average molecular weight is 304 g/mol. The van der Waals surface area contributed by atoms with Gasteiger partial charge in [0.25, 0.3) is 0 Å². The maximum absolute atomic E-state index is 12.1. The van der Waals surface area contributed by atoms with E-state index in [1.807, 2.05) is 6.92 Å². The highest BCUT2D eigenvalue weighted by Crippen LogP contribution is 2.39. The molecule has 1 aromatic rings. The highest BCUT2D eigenvalue weighted by molar-refractivity contribution is 5.99. The van der Waals surface area contributed by atoms with Crippen molar-refractivity contribution in [2.45, 2.75) is 19.8 Å². The van der Waals surface area contributed by atoms with Gasteiger partial charge < -0.3 is 15.4 Å². The van der Waals surface area contributed by atoms with Crippen LogP contribution in [0.4, 0.5) is 5.69 Å². The Labute approximate surface area is 129 Å². The SMILES string of the molecule is CCCNC(=O)C1CC1C(=O)Nc1ccc(C(=O)OC)cc1. The maximum Gasteiger partial charge on any atom is 0.337 e. The van der Waals surface area contributed by atoms with Crippen LogP contribution in [-0.4, -0.2) is 31.4 Å². The number of carbonyl (C=O) groups is 3. The zero-order valence-corrected chi connectivity index (χ0v) is 12.7. The minimum absolute atomic E-state index is 0.0527. The predicted octanol–water partition coefficient (Wildman–Crippen LogP) is 1.57. The van der Waals surface area contributed by atoms with Crippen LogP contribution in [0.25, 0.3) is 0 Å². The normalized spacial score (nSPS) is 19.2. The van der Waals surface area contributed by atoms with Gasteiger partial charge in [0.2, 0.25) is 11.8 Å². The molecule has 22 heavy (non-hydrogen) atoms. The Balaban J connectivity index is 1.86. The topological polar surface area (TPSA) is 84.5 Å². The molecule has 0 aliphatic heterocycles. The number of methoxy groups -OCH3 is 1. The Morgan fingerprint density at radius 1 is 1.14 bits per heavy atom. The molecule has 1 aliphatic rings. The van der Waals surface area contributed by atoms with Crippen LogP contribution in [0.3, 0.4) is 0 Å². The molecule has 118 valence electrons. The van der Waals surface area contributed by atoms with E-state index in [9.17, 15) is 14.4 Å². The lowest BCUT2D eigenvalue weighted by atomic mass is 10.2. The number of ether oxygens (including phenoxy) is 1. The second kappa shape index (κ2) is 7.06. The fourth-order valence-electron chi connectivity index (χ4n) is 2.20. The van der Waals surface area contributed by atoms with E-state index in [1.165, 1.54) is 7.11 Å². The van der Waals surface area contributed by atoms with Crippen LogP contribution in [-0.2, 0) is 14.3 Å². The van der Waals surface area contributed by atoms with Crippen LogP contribution in [0.1, 0.15) is 30.1 Å². The molecule has 0 saturated heterocycles. The highest BCUT2D eigenvalue weighted by atomic mass is 16.5. The first-order chi connectivity index (χ1) is 10.6. The first kappa shape index (κ1) is 16.0. The lowest BCUT2D eigenvalue weighted by Gasteiger charge is -2.06. The van der Waals surface area contributed by atoms with Gasteiger partial charge in [-0.25, -0.2) is 4.79 Å². The quantitative estimate of drug-likeness (QED) is 0.781. The Kier molecular flexibility index (Phi) is 5.14. The van der Waals surface area contributed by atoms with Crippen molar-refractivity contribution in [2.75, 3.05) is 19.0 Å². The van der Waals surface area contributed by atoms with Gasteiger partial charge in [0.1, 0.15) is 0 Å². The van der Waals surface area contributed by atoms with Crippen molar-refractivity contribution >= 4 is 23.5 Å². The molecule has 0 spiro atoms. The average Bonchev–Trinajstić information content (AvgIpc) is 3.33. The molecule has 6 heteroatoms. The Hall–Kier alpha value is -2.37. The number of anilines is 1. The van der Waals surface area contributed by atoms with Gasteiger partial charge in [-0.2, -0.15) is 0 Å². The molecule has 2 N–H and O–H groups in total. The molecule has 1 aromatic carbocycles. The van der Waals surface area contributed by atoms with Crippen molar-refractivity contribution in [3.8, 4) is 0 Å². The molecule has 0 aromatic heterocycles. The zero-order chi connectivity index (χ0) is 16.1. The highest BCUT2D eigenvalue weighted by Gasteiger charge is 2.47. The molecule has 1 aliphatic carbocycles. The summed E-state index contributed by atoms with van der Waals surface area (Å²) in [6.45, 7) is 2.62. The van der Waals surface area contributed by atoms with Crippen LogP contribution in [0.15, 0.2) is 24.3 Å². The van der Waals surface area contributed by atoms with Gasteiger partial charge in [-0.1, -0.05) is 6.92 Å². The fourth-order valence-corrected chi connectivity index (χ4v) is 2.20. The number of rotatable bonds is 6. The molecule has 0 heterocycles. The minimum Gasteiger partial charge on any atom is -0.465 e. The number of hydrogen-bond donors (Lipinski definition) is 2. The van der Waals surface area contributed by atoms with Crippen LogP contribution >= 0.6 is 0 Å². The molecule has 2 rings (SSSR count). The van der Waals surface area contributed by atoms with Gasteiger partial charge in [-0.15, -0.1) is 0 Å². The van der Waals surface area contributed by atoms with Gasteiger partial charge in [-0.3, -0.25) is 9.59 Å². The van der Waals surface area contributed by atoms with Gasteiger partial charge in [0.05, 0.1) is 24.5 Å². The van der Waals surface area contributed by atoms with Crippen LogP contribution in [0.2, 0.25) is 0 Å². The standard InChI is InChI=1S/C16H20N2O4/c1-3-8-17-14(19)12-9-13(12)15(20)18-11-6-4-10(5-7-11)16(21)22-2/h4-7,12-13H,3,8-9H2,1-2H3,(H,17,19)(H,18,20). The van der Waals surface area contributed by atoms with E-state index in [0.717, 1.165) is 6.42 Å². The third kappa shape index (κ3) is 3.84. The summed E-state index contributed by atoms with van der Waals surface area (Å²) in [4.78, 5) is 35.1. The first-order valence-corrected chi connectivity index (χ1v) is 7.33. The molecule has 0 radical (unpaired) electrons. The summed E-state index contributed by atoms with van der Waals surface area (Å²) >= 11 is 0. The van der Waals surface area contributed by atoms with Crippen molar-refractivity contribution in [1.29, 1.82) is 0 Å². The van der Waals surface area contributed by atoms with Gasteiger partial charge >= 0.3 is 5.97 Å². The third-order valence-electron chi connectivity index (χ3n) is 3.59. The smallest absolute Gasteiger partial charge is 0.337 e. The summed E-state index contributed by atoms with van der Waals surface area (Å²) in [7, 11) is 1.31. The van der Waals surface area contributed by atoms with Crippen LogP contribution < -0.4 is 10.6 Å². The minimum atomic E-state index is -0.423. The Morgan fingerprint density at radius 2 is 1.77 bits per heavy atom. The molecule has 6 nitrogen and oxygen atoms in total. The second-order valence-corrected chi connectivity index (χ2v) is 5.30. The van der Waals surface area contributed by atoms with Crippen LogP contribution in [0, 0.1) is 11.8 Å². The largest absolute Gasteiger partial charge is 0.465 e. The van der Waals surface area contributed by atoms with Gasteiger partial charge in [0, 0.05) is 12.2 Å².